The molecule has 1 atom stereocenters. The standard InChI is InChI=1S/C19H24N4O3/c24-19(17-8-18(26-21-17)14-4-5-14)22-9-15-6-7-20-23(15)16(10-22)12-25-11-13-2-1-3-13/h6-8,13-14,16H,1-5,9-12H2/t16-/m0/s1. The molecule has 7 heteroatoms. The molecule has 5 rings (SSSR count). The van der Waals surface area contributed by atoms with E-state index in [4.69, 9.17) is 9.26 Å². The van der Waals surface area contributed by atoms with Crippen LogP contribution in [0.2, 0.25) is 0 Å². The maximum Gasteiger partial charge on any atom is 0.276 e. The zero-order valence-electron chi connectivity index (χ0n) is 14.8. The van der Waals surface area contributed by atoms with E-state index in [2.05, 4.69) is 10.3 Å². The second-order valence-corrected chi connectivity index (χ2v) is 7.83. The molecule has 0 N–H and O–H groups in total. The molecule has 3 aliphatic rings. The van der Waals surface area contributed by atoms with Crippen LogP contribution in [0.3, 0.4) is 0 Å². The van der Waals surface area contributed by atoms with E-state index in [0.717, 1.165) is 30.9 Å². The predicted octanol–water partition coefficient (Wildman–Crippen LogP) is 2.76. The van der Waals surface area contributed by atoms with Gasteiger partial charge in [0.15, 0.2) is 5.69 Å². The van der Waals surface area contributed by atoms with Crippen LogP contribution in [0, 0.1) is 5.92 Å². The number of carbonyl (C=O) groups excluding carboxylic acids is 1. The molecule has 3 heterocycles. The highest BCUT2D eigenvalue weighted by atomic mass is 16.5. The third-order valence-electron chi connectivity index (χ3n) is 5.79. The zero-order valence-corrected chi connectivity index (χ0v) is 14.8. The summed E-state index contributed by atoms with van der Waals surface area (Å²) in [6, 6.07) is 3.83. The number of carbonyl (C=O) groups is 1. The fourth-order valence-electron chi connectivity index (χ4n) is 3.81. The van der Waals surface area contributed by atoms with Crippen molar-refractivity contribution < 1.29 is 14.1 Å². The van der Waals surface area contributed by atoms with Gasteiger partial charge in [0.25, 0.3) is 5.91 Å². The molecule has 1 amide bonds. The van der Waals surface area contributed by atoms with Gasteiger partial charge in [0.2, 0.25) is 0 Å². The summed E-state index contributed by atoms with van der Waals surface area (Å²) in [5.74, 6) is 1.94. The van der Waals surface area contributed by atoms with E-state index in [0.29, 0.717) is 37.2 Å². The molecule has 2 fully saturated rings. The molecule has 1 aliphatic heterocycles. The van der Waals surface area contributed by atoms with Crippen molar-refractivity contribution in [3.63, 3.8) is 0 Å². The van der Waals surface area contributed by atoms with E-state index in [-0.39, 0.29) is 11.9 Å². The smallest absolute Gasteiger partial charge is 0.276 e. The van der Waals surface area contributed by atoms with Crippen LogP contribution in [0.1, 0.15) is 66.0 Å². The molecular formula is C19H24N4O3. The highest BCUT2D eigenvalue weighted by molar-refractivity contribution is 5.92. The average Bonchev–Trinajstić information content (AvgIpc) is 3.15. The first-order valence-corrected chi connectivity index (χ1v) is 9.64. The molecule has 2 aliphatic carbocycles. The Labute approximate surface area is 152 Å². The van der Waals surface area contributed by atoms with Crippen LogP contribution in [-0.2, 0) is 11.3 Å². The Hall–Kier alpha value is -2.15. The summed E-state index contributed by atoms with van der Waals surface area (Å²) in [4.78, 5) is 14.7. The molecule has 0 bridgehead atoms. The summed E-state index contributed by atoms with van der Waals surface area (Å²) in [6.07, 6.45) is 7.93. The molecule has 2 saturated carbocycles. The number of amides is 1. The van der Waals surface area contributed by atoms with Crippen molar-refractivity contribution in [3.05, 3.63) is 35.5 Å². The summed E-state index contributed by atoms with van der Waals surface area (Å²) in [6.45, 7) is 2.53. The fraction of sp³-hybridized carbons (Fsp3) is 0.632. The Bertz CT molecular complexity index is 790. The van der Waals surface area contributed by atoms with E-state index >= 15 is 0 Å². The molecule has 0 saturated heterocycles. The molecule has 26 heavy (non-hydrogen) atoms. The van der Waals surface area contributed by atoms with Crippen molar-refractivity contribution in [2.24, 2.45) is 5.92 Å². The number of aromatic nitrogens is 3. The summed E-state index contributed by atoms with van der Waals surface area (Å²) in [7, 11) is 0. The lowest BCUT2D eigenvalue weighted by molar-refractivity contribution is 0.0274. The van der Waals surface area contributed by atoms with Crippen LogP contribution < -0.4 is 0 Å². The molecule has 2 aromatic heterocycles. The highest BCUT2D eigenvalue weighted by Crippen LogP contribution is 2.40. The Morgan fingerprint density at radius 2 is 2.15 bits per heavy atom. The van der Waals surface area contributed by atoms with Crippen molar-refractivity contribution in [2.45, 2.75) is 50.6 Å². The van der Waals surface area contributed by atoms with Gasteiger partial charge < -0.3 is 14.2 Å². The maximum absolute atomic E-state index is 12.9. The van der Waals surface area contributed by atoms with E-state index < -0.39 is 0 Å². The van der Waals surface area contributed by atoms with Gasteiger partial charge in [-0.1, -0.05) is 11.6 Å². The SMILES string of the molecule is O=C(c1cc(C2CC2)on1)N1Cc2ccnn2[C@H](COCC2CCC2)C1. The first kappa shape index (κ1) is 16.1. The van der Waals surface area contributed by atoms with Crippen LogP contribution in [0.15, 0.2) is 22.9 Å². The van der Waals surface area contributed by atoms with E-state index in [1.54, 1.807) is 6.20 Å². The molecular weight excluding hydrogens is 332 g/mol. The van der Waals surface area contributed by atoms with E-state index in [9.17, 15) is 4.79 Å². The van der Waals surface area contributed by atoms with Crippen molar-refractivity contribution in [3.8, 4) is 0 Å². The monoisotopic (exact) mass is 356 g/mol. The highest BCUT2D eigenvalue weighted by Gasteiger charge is 2.33. The molecule has 2 aromatic rings. The van der Waals surface area contributed by atoms with Crippen molar-refractivity contribution in [1.82, 2.24) is 19.8 Å². The Morgan fingerprint density at radius 1 is 1.27 bits per heavy atom. The van der Waals surface area contributed by atoms with Gasteiger partial charge >= 0.3 is 0 Å². The van der Waals surface area contributed by atoms with Crippen molar-refractivity contribution >= 4 is 5.91 Å². The van der Waals surface area contributed by atoms with Crippen molar-refractivity contribution in [1.29, 1.82) is 0 Å². The minimum atomic E-state index is -0.0721. The lowest BCUT2D eigenvalue weighted by Crippen LogP contribution is -2.43. The number of hydrogen-bond acceptors (Lipinski definition) is 5. The summed E-state index contributed by atoms with van der Waals surface area (Å²) in [5, 5.41) is 8.44. The van der Waals surface area contributed by atoms with Gasteiger partial charge in [-0.15, -0.1) is 0 Å². The van der Waals surface area contributed by atoms with Crippen LogP contribution in [0.5, 0.6) is 0 Å². The van der Waals surface area contributed by atoms with Crippen LogP contribution in [-0.4, -0.2) is 45.5 Å². The van der Waals surface area contributed by atoms with Crippen LogP contribution >= 0.6 is 0 Å². The molecule has 0 unspecified atom stereocenters. The van der Waals surface area contributed by atoms with Crippen molar-refractivity contribution in [2.75, 3.05) is 19.8 Å². The van der Waals surface area contributed by atoms with Gasteiger partial charge in [-0.25, -0.2) is 0 Å². The molecule has 0 radical (unpaired) electrons. The molecule has 7 nitrogen and oxygen atoms in total. The summed E-state index contributed by atoms with van der Waals surface area (Å²) in [5.41, 5.74) is 1.45. The van der Waals surface area contributed by atoms with Gasteiger partial charge in [0.1, 0.15) is 5.76 Å². The number of rotatable bonds is 6. The van der Waals surface area contributed by atoms with Gasteiger partial charge in [-0.2, -0.15) is 5.10 Å². The second kappa shape index (κ2) is 6.54. The van der Waals surface area contributed by atoms with Gasteiger partial charge in [0, 0.05) is 31.3 Å². The lowest BCUT2D eigenvalue weighted by atomic mass is 9.86. The quantitative estimate of drug-likeness (QED) is 0.796. The largest absolute Gasteiger partial charge is 0.379 e. The van der Waals surface area contributed by atoms with E-state index in [1.807, 2.05) is 21.7 Å². The van der Waals surface area contributed by atoms with Gasteiger partial charge in [0.05, 0.1) is 24.9 Å². The second-order valence-electron chi connectivity index (χ2n) is 7.83. The number of fused-ring (bicyclic) bond motifs is 1. The average molecular weight is 356 g/mol. The first-order chi connectivity index (χ1) is 12.8. The number of hydrogen-bond donors (Lipinski definition) is 0. The third-order valence-corrected chi connectivity index (χ3v) is 5.79. The molecule has 138 valence electrons. The molecule has 0 aromatic carbocycles. The lowest BCUT2D eigenvalue weighted by Gasteiger charge is -2.34. The minimum absolute atomic E-state index is 0.0487. The Kier molecular flexibility index (Phi) is 4.04. The van der Waals surface area contributed by atoms with Gasteiger partial charge in [-0.3, -0.25) is 9.48 Å². The predicted molar refractivity (Wildman–Crippen MR) is 92.6 cm³/mol. The maximum atomic E-state index is 12.9. The normalized spacial score (nSPS) is 22.9. The van der Waals surface area contributed by atoms with E-state index in [1.165, 1.54) is 19.3 Å². The van der Waals surface area contributed by atoms with Crippen LogP contribution in [0.25, 0.3) is 0 Å². The molecule has 0 spiro atoms. The fourth-order valence-corrected chi connectivity index (χ4v) is 3.81. The Balaban J connectivity index is 1.27. The summed E-state index contributed by atoms with van der Waals surface area (Å²) < 4.78 is 13.3. The third kappa shape index (κ3) is 3.05. The minimum Gasteiger partial charge on any atom is -0.379 e. The van der Waals surface area contributed by atoms with Crippen LogP contribution in [0.4, 0.5) is 0 Å². The Morgan fingerprint density at radius 3 is 2.92 bits per heavy atom. The summed E-state index contributed by atoms with van der Waals surface area (Å²) >= 11 is 0. The number of nitrogens with zero attached hydrogens (tertiary/aromatic N) is 4. The van der Waals surface area contributed by atoms with Gasteiger partial charge in [-0.05, 0) is 37.7 Å². The topological polar surface area (TPSA) is 73.4 Å². The zero-order chi connectivity index (χ0) is 17.5. The number of ether oxygens (including phenoxy) is 1. The first-order valence-electron chi connectivity index (χ1n) is 9.64.